The first-order chi connectivity index (χ1) is 9.00. The van der Waals surface area contributed by atoms with Gasteiger partial charge in [0, 0.05) is 0 Å². The number of nitrogens with one attached hydrogen (secondary N) is 3. The van der Waals surface area contributed by atoms with E-state index in [4.69, 9.17) is 0 Å². The molecular weight excluding hydrogens is 234 g/mol. The summed E-state index contributed by atoms with van der Waals surface area (Å²) in [5.41, 5.74) is 0. The molecule has 3 fully saturated rings. The molecule has 3 saturated heterocycles. The molecule has 0 aromatic carbocycles. The third-order valence-electron chi connectivity index (χ3n) is 3.62. The largest absolute Gasteiger partial charge is 0.317 e. The molecule has 3 nitrogen and oxygen atoms in total. The Labute approximate surface area is 121 Å². The minimum absolute atomic E-state index is 0. The highest BCUT2D eigenvalue weighted by atomic mass is 14.9. The summed E-state index contributed by atoms with van der Waals surface area (Å²) in [4.78, 5) is 0. The van der Waals surface area contributed by atoms with E-state index in [1.807, 2.05) is 0 Å². The molecule has 3 heteroatoms. The van der Waals surface area contributed by atoms with Crippen molar-refractivity contribution in [2.45, 2.75) is 65.2 Å². The maximum atomic E-state index is 3.28. The number of piperidine rings is 3. The molecule has 0 bridgehead atoms. The van der Waals surface area contributed by atoms with Gasteiger partial charge < -0.3 is 16.0 Å². The lowest BCUT2D eigenvalue weighted by Gasteiger charge is -2.08. The molecule has 0 spiro atoms. The summed E-state index contributed by atoms with van der Waals surface area (Å²) in [6.07, 6.45) is 12.6. The van der Waals surface area contributed by atoms with Crippen molar-refractivity contribution in [3.05, 3.63) is 0 Å². The summed E-state index contributed by atoms with van der Waals surface area (Å²) in [6.45, 7) is 7.50. The number of rotatable bonds is 0. The van der Waals surface area contributed by atoms with Crippen molar-refractivity contribution in [3.8, 4) is 0 Å². The molecular formula is C16H37N3. The van der Waals surface area contributed by atoms with Crippen LogP contribution in [0.3, 0.4) is 0 Å². The highest BCUT2D eigenvalue weighted by Gasteiger charge is 1.94. The van der Waals surface area contributed by atoms with E-state index in [1.165, 1.54) is 97.1 Å². The molecule has 0 radical (unpaired) electrons. The lowest BCUT2D eigenvalue weighted by atomic mass is 10.2. The maximum Gasteiger partial charge on any atom is -0.00489 e. The van der Waals surface area contributed by atoms with Crippen molar-refractivity contribution in [2.75, 3.05) is 39.3 Å². The lowest BCUT2D eigenvalue weighted by molar-refractivity contribution is 0.520. The fourth-order valence-corrected chi connectivity index (χ4v) is 2.41. The molecule has 0 saturated carbocycles. The van der Waals surface area contributed by atoms with Crippen molar-refractivity contribution in [1.82, 2.24) is 16.0 Å². The Morgan fingerprint density at radius 2 is 0.526 bits per heavy atom. The first-order valence-electron chi connectivity index (χ1n) is 8.12. The highest BCUT2D eigenvalue weighted by Crippen LogP contribution is 1.97. The van der Waals surface area contributed by atoms with Crippen LogP contribution in [0.4, 0.5) is 0 Å². The third-order valence-corrected chi connectivity index (χ3v) is 3.62. The van der Waals surface area contributed by atoms with Crippen LogP contribution in [0.25, 0.3) is 0 Å². The molecule has 0 amide bonds. The Kier molecular flexibility index (Phi) is 15.8. The third kappa shape index (κ3) is 14.1. The Bertz CT molecular complexity index is 87.0. The van der Waals surface area contributed by atoms with E-state index in [-0.39, 0.29) is 7.43 Å². The van der Waals surface area contributed by atoms with Gasteiger partial charge in [0.25, 0.3) is 0 Å². The van der Waals surface area contributed by atoms with Gasteiger partial charge in [-0.1, -0.05) is 26.7 Å². The summed E-state index contributed by atoms with van der Waals surface area (Å²) in [6, 6.07) is 0. The van der Waals surface area contributed by atoms with E-state index in [0.717, 1.165) is 0 Å². The van der Waals surface area contributed by atoms with Crippen molar-refractivity contribution < 1.29 is 0 Å². The zero-order valence-electron chi connectivity index (χ0n) is 12.1. The average Bonchev–Trinajstić information content (AvgIpc) is 2.54. The second-order valence-electron chi connectivity index (χ2n) is 5.43. The molecule has 0 atom stereocenters. The van der Waals surface area contributed by atoms with Gasteiger partial charge >= 0.3 is 0 Å². The van der Waals surface area contributed by atoms with Crippen LogP contribution >= 0.6 is 0 Å². The molecule has 0 aromatic rings. The molecule has 3 N–H and O–H groups in total. The monoisotopic (exact) mass is 271 g/mol. The molecule has 3 heterocycles. The fourth-order valence-electron chi connectivity index (χ4n) is 2.41. The fraction of sp³-hybridized carbons (Fsp3) is 1.00. The van der Waals surface area contributed by atoms with E-state index in [2.05, 4.69) is 16.0 Å². The van der Waals surface area contributed by atoms with Gasteiger partial charge in [-0.2, -0.15) is 0 Å². The Balaban J connectivity index is 0.000000249. The summed E-state index contributed by atoms with van der Waals surface area (Å²) in [7, 11) is 0. The normalized spacial score (nSPS) is 22.7. The predicted molar refractivity (Wildman–Crippen MR) is 86.9 cm³/mol. The molecule has 0 unspecified atom stereocenters. The van der Waals surface area contributed by atoms with E-state index < -0.39 is 0 Å². The van der Waals surface area contributed by atoms with Crippen LogP contribution in [0.5, 0.6) is 0 Å². The Morgan fingerprint density at radius 3 is 0.579 bits per heavy atom. The van der Waals surface area contributed by atoms with E-state index in [1.54, 1.807) is 0 Å². The van der Waals surface area contributed by atoms with Crippen LogP contribution in [0.1, 0.15) is 65.2 Å². The van der Waals surface area contributed by atoms with Crippen LogP contribution in [0.2, 0.25) is 0 Å². The smallest absolute Gasteiger partial charge is 0.00489 e. The van der Waals surface area contributed by atoms with Gasteiger partial charge in [0.1, 0.15) is 0 Å². The topological polar surface area (TPSA) is 36.1 Å². The van der Waals surface area contributed by atoms with Crippen LogP contribution in [-0.4, -0.2) is 39.3 Å². The Hall–Kier alpha value is -0.120. The van der Waals surface area contributed by atoms with Gasteiger partial charge in [0.15, 0.2) is 0 Å². The SMILES string of the molecule is C.C1CCNCC1.C1CCNCC1.C1CCNCC1. The van der Waals surface area contributed by atoms with Gasteiger partial charge in [0.2, 0.25) is 0 Å². The average molecular weight is 271 g/mol. The van der Waals surface area contributed by atoms with Crippen molar-refractivity contribution in [1.29, 1.82) is 0 Å². The molecule has 0 aliphatic carbocycles. The quantitative estimate of drug-likeness (QED) is 0.634. The zero-order valence-corrected chi connectivity index (χ0v) is 12.1. The van der Waals surface area contributed by atoms with Gasteiger partial charge in [-0.15, -0.1) is 0 Å². The van der Waals surface area contributed by atoms with Crippen molar-refractivity contribution in [3.63, 3.8) is 0 Å². The number of hydrogen-bond acceptors (Lipinski definition) is 3. The van der Waals surface area contributed by atoms with Gasteiger partial charge in [-0.3, -0.25) is 0 Å². The van der Waals surface area contributed by atoms with Crippen molar-refractivity contribution >= 4 is 0 Å². The van der Waals surface area contributed by atoms with Gasteiger partial charge in [-0.25, -0.2) is 0 Å². The highest BCUT2D eigenvalue weighted by molar-refractivity contribution is 4.56. The second-order valence-corrected chi connectivity index (χ2v) is 5.43. The molecule has 3 aliphatic heterocycles. The van der Waals surface area contributed by atoms with E-state index in [0.29, 0.717) is 0 Å². The van der Waals surface area contributed by atoms with Crippen LogP contribution in [0, 0.1) is 0 Å². The van der Waals surface area contributed by atoms with E-state index >= 15 is 0 Å². The van der Waals surface area contributed by atoms with Gasteiger partial charge in [0.05, 0.1) is 0 Å². The van der Waals surface area contributed by atoms with Crippen molar-refractivity contribution in [2.24, 2.45) is 0 Å². The first-order valence-corrected chi connectivity index (χ1v) is 8.12. The summed E-state index contributed by atoms with van der Waals surface area (Å²) < 4.78 is 0. The van der Waals surface area contributed by atoms with Crippen LogP contribution in [-0.2, 0) is 0 Å². The van der Waals surface area contributed by atoms with Gasteiger partial charge in [-0.05, 0) is 77.8 Å². The first kappa shape index (κ1) is 18.9. The molecule has 19 heavy (non-hydrogen) atoms. The Morgan fingerprint density at radius 1 is 0.316 bits per heavy atom. The van der Waals surface area contributed by atoms with E-state index in [9.17, 15) is 0 Å². The van der Waals surface area contributed by atoms with Crippen LogP contribution in [0.15, 0.2) is 0 Å². The standard InChI is InChI=1S/3C5H11N.CH4/c3*1-2-4-6-5-3-1;/h3*6H,1-5H2;1H4. The number of hydrogen-bond donors (Lipinski definition) is 3. The molecule has 0 aromatic heterocycles. The lowest BCUT2D eigenvalue weighted by Crippen LogP contribution is -2.21. The summed E-state index contributed by atoms with van der Waals surface area (Å²) in [5.74, 6) is 0. The molecule has 3 aliphatic rings. The molecule has 116 valence electrons. The van der Waals surface area contributed by atoms with Crippen LogP contribution < -0.4 is 16.0 Å². The minimum atomic E-state index is 0. The summed E-state index contributed by atoms with van der Waals surface area (Å²) >= 11 is 0. The summed E-state index contributed by atoms with van der Waals surface area (Å²) in [5, 5.41) is 9.85. The predicted octanol–water partition coefficient (Wildman–Crippen LogP) is 2.92. The minimum Gasteiger partial charge on any atom is -0.317 e. The zero-order chi connectivity index (χ0) is 12.7. The second kappa shape index (κ2) is 15.9. The maximum absolute atomic E-state index is 3.28. The molecule has 3 rings (SSSR count).